The summed E-state index contributed by atoms with van der Waals surface area (Å²) in [7, 11) is 1.42. The number of pyridine rings is 1. The Kier molecular flexibility index (Phi) is 6.40. The van der Waals surface area contributed by atoms with Crippen molar-refractivity contribution in [1.29, 1.82) is 0 Å². The van der Waals surface area contributed by atoms with Crippen LogP contribution in [0.15, 0.2) is 66.5 Å². The number of amides is 1. The number of hydrogen-bond donors (Lipinski definition) is 1. The van der Waals surface area contributed by atoms with Crippen LogP contribution in [-0.2, 0) is 16.1 Å². The van der Waals surface area contributed by atoms with Gasteiger partial charge in [0.25, 0.3) is 11.7 Å². The van der Waals surface area contributed by atoms with Crippen LogP contribution in [0.4, 0.5) is 0 Å². The first-order chi connectivity index (χ1) is 15.8. The number of rotatable bonds is 5. The summed E-state index contributed by atoms with van der Waals surface area (Å²) >= 11 is 12.4. The van der Waals surface area contributed by atoms with Crippen molar-refractivity contribution in [3.05, 3.63) is 98.8 Å². The van der Waals surface area contributed by atoms with Gasteiger partial charge in [0, 0.05) is 24.0 Å². The lowest BCUT2D eigenvalue weighted by Crippen LogP contribution is -2.29. The van der Waals surface area contributed by atoms with Gasteiger partial charge in [-0.2, -0.15) is 0 Å². The Labute approximate surface area is 201 Å². The van der Waals surface area contributed by atoms with Crippen LogP contribution >= 0.6 is 23.2 Å². The van der Waals surface area contributed by atoms with E-state index in [0.717, 1.165) is 11.1 Å². The SMILES string of the molecule is COc1c(Cl)cc(C)cc1/C(O)=C1\C(=O)C(=O)N(Cc2ccncc2)C1c1ccc(Cl)cc1. The maximum absolute atomic E-state index is 13.2. The number of aromatic nitrogens is 1. The Balaban J connectivity index is 1.93. The number of ether oxygens (including phenoxy) is 1. The highest BCUT2D eigenvalue weighted by Crippen LogP contribution is 2.43. The molecule has 8 heteroatoms. The van der Waals surface area contributed by atoms with Gasteiger partial charge >= 0.3 is 0 Å². The van der Waals surface area contributed by atoms with E-state index in [0.29, 0.717) is 10.6 Å². The maximum atomic E-state index is 13.2. The number of nitrogens with zero attached hydrogens (tertiary/aromatic N) is 2. The molecule has 168 valence electrons. The van der Waals surface area contributed by atoms with Gasteiger partial charge in [-0.3, -0.25) is 14.6 Å². The number of benzene rings is 2. The van der Waals surface area contributed by atoms with Crippen molar-refractivity contribution >= 4 is 40.7 Å². The van der Waals surface area contributed by atoms with Crippen LogP contribution in [0.1, 0.15) is 28.3 Å². The van der Waals surface area contributed by atoms with Gasteiger partial charge < -0.3 is 14.7 Å². The summed E-state index contributed by atoms with van der Waals surface area (Å²) in [6, 6.07) is 12.9. The average molecular weight is 483 g/mol. The monoisotopic (exact) mass is 482 g/mol. The zero-order valence-electron chi connectivity index (χ0n) is 17.9. The van der Waals surface area contributed by atoms with E-state index < -0.39 is 17.7 Å². The molecule has 2 heterocycles. The van der Waals surface area contributed by atoms with Crippen LogP contribution < -0.4 is 4.74 Å². The summed E-state index contributed by atoms with van der Waals surface area (Å²) in [5, 5.41) is 12.1. The molecule has 0 saturated carbocycles. The summed E-state index contributed by atoms with van der Waals surface area (Å²) in [5.41, 5.74) is 2.38. The second-order valence-electron chi connectivity index (χ2n) is 7.66. The number of aryl methyl sites for hydroxylation is 1. The molecule has 4 rings (SSSR count). The first-order valence-electron chi connectivity index (χ1n) is 10.1. The fourth-order valence-corrected chi connectivity index (χ4v) is 4.45. The topological polar surface area (TPSA) is 79.7 Å². The summed E-state index contributed by atoms with van der Waals surface area (Å²) in [6.07, 6.45) is 3.23. The summed E-state index contributed by atoms with van der Waals surface area (Å²) in [5.74, 6) is -1.64. The first-order valence-corrected chi connectivity index (χ1v) is 10.8. The number of hydrogen-bond acceptors (Lipinski definition) is 5. The van der Waals surface area contributed by atoms with Crippen molar-refractivity contribution in [2.24, 2.45) is 0 Å². The van der Waals surface area contributed by atoms with Gasteiger partial charge in [0.2, 0.25) is 0 Å². The van der Waals surface area contributed by atoms with Crippen LogP contribution in [-0.4, -0.2) is 33.8 Å². The minimum Gasteiger partial charge on any atom is -0.507 e. The number of Topliss-reactive ketones (excluding diaryl/α,β-unsaturated/α-hetero) is 1. The lowest BCUT2D eigenvalue weighted by molar-refractivity contribution is -0.140. The molecule has 0 spiro atoms. The van der Waals surface area contributed by atoms with Gasteiger partial charge in [-0.1, -0.05) is 35.3 Å². The third kappa shape index (κ3) is 4.32. The van der Waals surface area contributed by atoms with E-state index in [9.17, 15) is 14.7 Å². The molecule has 0 radical (unpaired) electrons. The van der Waals surface area contributed by atoms with Gasteiger partial charge in [-0.05, 0) is 60.0 Å². The molecule has 1 fully saturated rings. The van der Waals surface area contributed by atoms with Crippen molar-refractivity contribution in [1.82, 2.24) is 9.88 Å². The summed E-state index contributed by atoms with van der Waals surface area (Å²) in [4.78, 5) is 31.8. The molecule has 33 heavy (non-hydrogen) atoms. The normalized spacial score (nSPS) is 17.5. The van der Waals surface area contributed by atoms with E-state index in [2.05, 4.69) is 4.98 Å². The second kappa shape index (κ2) is 9.25. The van der Waals surface area contributed by atoms with E-state index in [1.54, 1.807) is 67.8 Å². The average Bonchev–Trinajstić information content (AvgIpc) is 3.04. The molecule has 1 saturated heterocycles. The second-order valence-corrected chi connectivity index (χ2v) is 8.51. The molecule has 1 aliphatic heterocycles. The predicted molar refractivity (Wildman–Crippen MR) is 126 cm³/mol. The van der Waals surface area contributed by atoms with E-state index in [-0.39, 0.29) is 34.2 Å². The zero-order valence-corrected chi connectivity index (χ0v) is 19.4. The minimum atomic E-state index is -0.834. The number of carbonyl (C=O) groups is 2. The van der Waals surface area contributed by atoms with Crippen molar-refractivity contribution in [2.45, 2.75) is 19.5 Å². The number of methoxy groups -OCH3 is 1. The van der Waals surface area contributed by atoms with Crippen LogP contribution in [0, 0.1) is 6.92 Å². The first kappa shape index (κ1) is 22.8. The number of ketones is 1. The molecule has 0 bridgehead atoms. The Hall–Kier alpha value is -3.35. The lowest BCUT2D eigenvalue weighted by Gasteiger charge is -2.25. The van der Waals surface area contributed by atoms with E-state index in [1.165, 1.54) is 12.0 Å². The summed E-state index contributed by atoms with van der Waals surface area (Å²) in [6.45, 7) is 1.96. The Morgan fingerprint density at radius 1 is 1.09 bits per heavy atom. The third-order valence-electron chi connectivity index (χ3n) is 5.48. The molecule has 1 amide bonds. The molecule has 1 atom stereocenters. The van der Waals surface area contributed by atoms with Gasteiger partial charge in [-0.25, -0.2) is 0 Å². The fraction of sp³-hybridized carbons (Fsp3) is 0.160. The van der Waals surface area contributed by atoms with E-state index in [1.807, 2.05) is 0 Å². The number of halogens is 2. The molecule has 2 aromatic carbocycles. The van der Waals surface area contributed by atoms with Gasteiger partial charge in [0.05, 0.1) is 29.3 Å². The molecular formula is C25H20Cl2N2O4. The van der Waals surface area contributed by atoms with Crippen LogP contribution in [0.5, 0.6) is 5.75 Å². The Morgan fingerprint density at radius 2 is 1.76 bits per heavy atom. The molecule has 1 aliphatic rings. The number of aliphatic hydroxyl groups excluding tert-OH is 1. The quantitative estimate of drug-likeness (QED) is 0.302. The standard InChI is InChI=1S/C25H20Cl2N2O4/c1-14-11-18(24(33-2)19(27)12-14)22(30)20-21(16-3-5-17(26)6-4-16)29(25(32)23(20)31)13-15-7-9-28-10-8-15/h3-12,21,30H,13H2,1-2H3/b22-20+. The molecule has 0 aliphatic carbocycles. The third-order valence-corrected chi connectivity index (χ3v) is 6.01. The Bertz CT molecular complexity index is 1260. The molecule has 6 nitrogen and oxygen atoms in total. The Morgan fingerprint density at radius 3 is 2.39 bits per heavy atom. The minimum absolute atomic E-state index is 0.0451. The van der Waals surface area contributed by atoms with Crippen LogP contribution in [0.25, 0.3) is 5.76 Å². The highest BCUT2D eigenvalue weighted by Gasteiger charge is 2.46. The molecule has 1 unspecified atom stereocenters. The summed E-state index contributed by atoms with van der Waals surface area (Å²) < 4.78 is 5.39. The van der Waals surface area contributed by atoms with E-state index in [4.69, 9.17) is 27.9 Å². The highest BCUT2D eigenvalue weighted by molar-refractivity contribution is 6.46. The highest BCUT2D eigenvalue weighted by atomic mass is 35.5. The zero-order chi connectivity index (χ0) is 23.7. The maximum Gasteiger partial charge on any atom is 0.295 e. The van der Waals surface area contributed by atoms with Crippen molar-refractivity contribution in [3.8, 4) is 5.75 Å². The molecule has 1 N–H and O–H groups in total. The van der Waals surface area contributed by atoms with Crippen LogP contribution in [0.3, 0.4) is 0 Å². The van der Waals surface area contributed by atoms with Crippen molar-refractivity contribution in [2.75, 3.05) is 7.11 Å². The van der Waals surface area contributed by atoms with Gasteiger partial charge in [0.15, 0.2) is 0 Å². The fourth-order valence-electron chi connectivity index (χ4n) is 3.98. The number of carbonyl (C=O) groups excluding carboxylic acids is 2. The van der Waals surface area contributed by atoms with Crippen molar-refractivity contribution < 1.29 is 19.4 Å². The van der Waals surface area contributed by atoms with E-state index >= 15 is 0 Å². The van der Waals surface area contributed by atoms with Gasteiger partial charge in [0.1, 0.15) is 11.5 Å². The smallest absolute Gasteiger partial charge is 0.295 e. The number of aliphatic hydroxyl groups is 1. The van der Waals surface area contributed by atoms with Crippen molar-refractivity contribution in [3.63, 3.8) is 0 Å². The largest absolute Gasteiger partial charge is 0.507 e. The molecule has 3 aromatic rings. The predicted octanol–water partition coefficient (Wildman–Crippen LogP) is 5.33. The molecular weight excluding hydrogens is 463 g/mol. The van der Waals surface area contributed by atoms with Crippen LogP contribution in [0.2, 0.25) is 10.0 Å². The van der Waals surface area contributed by atoms with Gasteiger partial charge in [-0.15, -0.1) is 0 Å². The molecule has 1 aromatic heterocycles. The lowest BCUT2D eigenvalue weighted by atomic mass is 9.94. The number of likely N-dealkylation sites (tertiary alicyclic amines) is 1.